The van der Waals surface area contributed by atoms with E-state index in [0.29, 0.717) is 23.0 Å². The van der Waals surface area contributed by atoms with Crippen LogP contribution in [0.5, 0.6) is 23.0 Å². The zero-order chi connectivity index (χ0) is 30.0. The number of hydrogen-bond acceptors (Lipinski definition) is 7. The molecule has 10 heteroatoms. The van der Waals surface area contributed by atoms with E-state index in [1.54, 1.807) is 24.8 Å². The van der Waals surface area contributed by atoms with E-state index in [0.717, 1.165) is 43.7 Å². The molecule has 7 nitrogen and oxygen atoms in total. The zero-order valence-electron chi connectivity index (χ0n) is 24.2. The zero-order valence-corrected chi connectivity index (χ0v) is 31.5. The number of nitrogens with zero attached hydrogens (tertiary/aromatic N) is 5. The van der Waals surface area contributed by atoms with Gasteiger partial charge in [0.05, 0.1) is 0 Å². The Bertz CT molecular complexity index is 2010. The quantitative estimate of drug-likeness (QED) is 0.159. The topological polar surface area (TPSA) is 82.9 Å². The van der Waals surface area contributed by atoms with Crippen LogP contribution in [-0.4, -0.2) is 46.9 Å². The standard InChI is InChI=1S/C34H18N2O2.C3H2N3.Bi.Pd.Pt/c1-3-21-35-33(11-1)27-7-5-9-31(23-27)37-29-17-13-25(14-18-29)26-15-19-30(20-16-26)38-32-10-6-8-28(24-32)34-12-2-4-22-36-34;1-2-5-6-3-4-1;;;/h1-13,15,17,19,21-22H;1-2H;;;/q-4;;;2*+2. The fourth-order valence-electron chi connectivity index (χ4n) is 5.08. The molecule has 0 unspecified atom stereocenters. The van der Waals surface area contributed by atoms with Crippen molar-refractivity contribution in [3.8, 4) is 56.6 Å². The first-order valence-corrected chi connectivity index (χ1v) is 19.3. The van der Waals surface area contributed by atoms with E-state index < -0.39 is 21.8 Å². The van der Waals surface area contributed by atoms with Crippen LogP contribution in [0.2, 0.25) is 0 Å². The Kier molecular flexibility index (Phi) is 10.4. The van der Waals surface area contributed by atoms with E-state index in [9.17, 15) is 0 Å². The molecule has 4 aromatic carbocycles. The molecular formula is C37H20BiN5O2PdPt. The number of hydrogen-bond donors (Lipinski definition) is 0. The minimum atomic E-state index is -3.08. The van der Waals surface area contributed by atoms with Gasteiger partial charge in [-0.2, -0.15) is 0 Å². The Hall–Kier alpha value is -3.98. The van der Waals surface area contributed by atoms with Gasteiger partial charge in [-0.15, -0.1) is 0 Å². The fourth-order valence-corrected chi connectivity index (χ4v) is 13.9. The van der Waals surface area contributed by atoms with Crippen LogP contribution in [0.15, 0.2) is 122 Å². The molecule has 0 bridgehead atoms. The van der Waals surface area contributed by atoms with E-state index in [1.807, 2.05) is 84.9 Å². The van der Waals surface area contributed by atoms with Gasteiger partial charge in [0.25, 0.3) is 0 Å². The van der Waals surface area contributed by atoms with Gasteiger partial charge in [0.15, 0.2) is 0 Å². The maximum atomic E-state index is 6.29. The number of benzene rings is 4. The molecule has 0 radical (unpaired) electrons. The van der Waals surface area contributed by atoms with Crippen LogP contribution in [0.1, 0.15) is 0 Å². The molecule has 0 spiro atoms. The summed E-state index contributed by atoms with van der Waals surface area (Å²) in [5.41, 5.74) is 5.53. The summed E-state index contributed by atoms with van der Waals surface area (Å²) in [6.45, 7) is 0. The molecule has 0 N–H and O–H groups in total. The average Bonchev–Trinajstić information content (AvgIpc) is 3.42. The van der Waals surface area contributed by atoms with Gasteiger partial charge in [-0.05, 0) is 0 Å². The molecule has 7 aromatic rings. The van der Waals surface area contributed by atoms with E-state index in [-0.39, 0.29) is 41.5 Å². The predicted octanol–water partition coefficient (Wildman–Crippen LogP) is 5.27. The molecular weight excluding hydrogens is 1060 g/mol. The summed E-state index contributed by atoms with van der Waals surface area (Å²) in [5.74, 6) is 2.36. The second-order valence-electron chi connectivity index (χ2n) is 9.94. The van der Waals surface area contributed by atoms with Gasteiger partial charge >= 0.3 is 311 Å². The van der Waals surface area contributed by atoms with Crippen LogP contribution in [0, 0.1) is 24.3 Å². The van der Waals surface area contributed by atoms with Crippen molar-refractivity contribution in [1.82, 2.24) is 25.1 Å². The van der Waals surface area contributed by atoms with Gasteiger partial charge in [0.1, 0.15) is 0 Å². The molecule has 0 amide bonds. The maximum absolute atomic E-state index is 6.29. The molecule has 0 saturated carbocycles. The van der Waals surface area contributed by atoms with E-state index in [4.69, 9.17) is 9.47 Å². The van der Waals surface area contributed by atoms with Crippen LogP contribution < -0.4 is 19.5 Å². The van der Waals surface area contributed by atoms with Crippen molar-refractivity contribution < 1.29 is 51.0 Å². The van der Waals surface area contributed by atoms with Gasteiger partial charge in [-0.25, -0.2) is 0 Å². The normalized spacial score (nSPS) is 11.4. The Morgan fingerprint density at radius 3 is 1.49 bits per heavy atom. The summed E-state index contributed by atoms with van der Waals surface area (Å²) in [4.78, 5) is 13.5. The molecule has 1 aliphatic rings. The summed E-state index contributed by atoms with van der Waals surface area (Å²) in [6.07, 6.45) is 6.81. The second-order valence-corrected chi connectivity index (χ2v) is 17.6. The average molecular weight is 1080 g/mol. The van der Waals surface area contributed by atoms with Gasteiger partial charge in [-0.3, -0.25) is 0 Å². The molecule has 3 aromatic heterocycles. The molecule has 0 atom stereocenters. The summed E-state index contributed by atoms with van der Waals surface area (Å²) in [6, 6.07) is 45.0. The molecule has 47 heavy (non-hydrogen) atoms. The van der Waals surface area contributed by atoms with Crippen LogP contribution in [0.4, 0.5) is 0 Å². The second kappa shape index (κ2) is 14.8. The third kappa shape index (κ3) is 7.01. The van der Waals surface area contributed by atoms with Crippen molar-refractivity contribution in [1.29, 1.82) is 0 Å². The van der Waals surface area contributed by atoms with Crippen LogP contribution in [0.3, 0.4) is 0 Å². The van der Waals surface area contributed by atoms with E-state index in [2.05, 4.69) is 61.5 Å². The number of pyridine rings is 2. The van der Waals surface area contributed by atoms with Crippen LogP contribution in [-0.2, 0) is 41.5 Å². The molecule has 230 valence electrons. The fraction of sp³-hybridized carbons (Fsp3) is 0. The SMILES string of the molecule is [Pd+2].[Pt+2].[c-]1c(Oc2[c-][c]3c(cc2)-c2ccc(Oc4[c-]c(-c5ccccn5)ccc4)[c-][c]2[Bi]3[c]2nccnn2)cccc1-c1ccccn1. The third-order valence-corrected chi connectivity index (χ3v) is 15.6. The Morgan fingerprint density at radius 2 is 1.02 bits per heavy atom. The molecule has 8 rings (SSSR count). The number of rotatable bonds is 7. The number of aromatic nitrogens is 5. The monoisotopic (exact) mass is 1080 g/mol. The first kappa shape index (κ1) is 32.9. The van der Waals surface area contributed by atoms with Crippen LogP contribution in [0.25, 0.3) is 33.6 Å². The molecule has 0 aliphatic carbocycles. The van der Waals surface area contributed by atoms with E-state index >= 15 is 0 Å². The van der Waals surface area contributed by atoms with Crippen molar-refractivity contribution in [2.24, 2.45) is 0 Å². The summed E-state index contributed by atoms with van der Waals surface area (Å²) >= 11 is -3.08. The van der Waals surface area contributed by atoms with Gasteiger partial charge in [0, 0.05) is 0 Å². The van der Waals surface area contributed by atoms with Gasteiger partial charge in [-0.1, -0.05) is 0 Å². The predicted molar refractivity (Wildman–Crippen MR) is 171 cm³/mol. The first-order chi connectivity index (χ1) is 22.3. The first-order valence-electron chi connectivity index (χ1n) is 14.1. The van der Waals surface area contributed by atoms with Crippen molar-refractivity contribution in [3.63, 3.8) is 0 Å². The van der Waals surface area contributed by atoms with Crippen molar-refractivity contribution >= 4 is 31.8 Å². The third-order valence-electron chi connectivity index (χ3n) is 7.06. The Balaban J connectivity index is 0.00000193. The molecule has 1 aliphatic heterocycles. The van der Waals surface area contributed by atoms with Crippen LogP contribution >= 0.6 is 0 Å². The molecule has 0 saturated heterocycles. The molecule has 0 fully saturated rings. The van der Waals surface area contributed by atoms with E-state index in [1.165, 1.54) is 0 Å². The van der Waals surface area contributed by atoms with Crippen molar-refractivity contribution in [2.45, 2.75) is 0 Å². The van der Waals surface area contributed by atoms with Gasteiger partial charge < -0.3 is 0 Å². The van der Waals surface area contributed by atoms with Crippen molar-refractivity contribution in [3.05, 3.63) is 146 Å². The number of ether oxygens (including phenoxy) is 2. The van der Waals surface area contributed by atoms with Crippen molar-refractivity contribution in [2.75, 3.05) is 0 Å². The number of fused-ring (bicyclic) bond motifs is 3. The Labute approximate surface area is 308 Å². The minimum absolute atomic E-state index is 0. The summed E-state index contributed by atoms with van der Waals surface area (Å²) < 4.78 is 15.5. The summed E-state index contributed by atoms with van der Waals surface area (Å²) in [5, 5.41) is 8.62. The Morgan fingerprint density at radius 1 is 0.489 bits per heavy atom. The van der Waals surface area contributed by atoms with Gasteiger partial charge in [0.2, 0.25) is 0 Å². The molecule has 4 heterocycles. The summed E-state index contributed by atoms with van der Waals surface area (Å²) in [7, 11) is 0.